The number of aryl methyl sites for hydroxylation is 1. The van der Waals surface area contributed by atoms with Crippen LogP contribution in [-0.4, -0.2) is 60.3 Å². The Bertz CT molecular complexity index is 1080. The molecule has 2 aliphatic rings. The molecule has 0 spiro atoms. The van der Waals surface area contributed by atoms with Crippen molar-refractivity contribution in [1.82, 2.24) is 15.1 Å². The maximum atomic E-state index is 13.3. The monoisotopic (exact) mass is 441 g/mol. The normalized spacial score (nSPS) is 18.9. The van der Waals surface area contributed by atoms with Crippen LogP contribution in [0.1, 0.15) is 18.4 Å². The van der Waals surface area contributed by atoms with Crippen molar-refractivity contribution < 1.29 is 4.79 Å². The Morgan fingerprint density at radius 3 is 2.30 bits per heavy atom. The molecule has 33 heavy (non-hydrogen) atoms. The van der Waals surface area contributed by atoms with Crippen molar-refractivity contribution in [2.45, 2.75) is 19.8 Å². The summed E-state index contributed by atoms with van der Waals surface area (Å²) in [6.45, 7) is 7.08. The summed E-state index contributed by atoms with van der Waals surface area (Å²) >= 11 is 0. The summed E-state index contributed by atoms with van der Waals surface area (Å²) in [5.74, 6) is 1.18. The van der Waals surface area contributed by atoms with E-state index in [2.05, 4.69) is 68.2 Å². The quantitative estimate of drug-likeness (QED) is 0.612. The van der Waals surface area contributed by atoms with Crippen LogP contribution in [0.25, 0.3) is 11.3 Å². The summed E-state index contributed by atoms with van der Waals surface area (Å²) < 4.78 is 0. The zero-order valence-corrected chi connectivity index (χ0v) is 19.2. The average Bonchev–Trinajstić information content (AvgIpc) is 2.89. The molecule has 1 atom stereocenters. The van der Waals surface area contributed by atoms with Crippen molar-refractivity contribution in [3.8, 4) is 11.3 Å². The van der Waals surface area contributed by atoms with E-state index >= 15 is 0 Å². The van der Waals surface area contributed by atoms with Crippen molar-refractivity contribution >= 4 is 17.4 Å². The van der Waals surface area contributed by atoms with Crippen LogP contribution >= 0.6 is 0 Å². The number of rotatable bonds is 4. The van der Waals surface area contributed by atoms with Gasteiger partial charge in [-0.1, -0.05) is 42.5 Å². The number of piperazine rings is 1. The van der Waals surface area contributed by atoms with Crippen molar-refractivity contribution in [3.63, 3.8) is 0 Å². The number of carbonyl (C=O) groups excluding carboxylic acids is 1. The minimum absolute atomic E-state index is 0.0277. The molecule has 0 radical (unpaired) electrons. The van der Waals surface area contributed by atoms with Crippen molar-refractivity contribution in [1.29, 1.82) is 0 Å². The van der Waals surface area contributed by atoms with E-state index in [0.717, 1.165) is 69.2 Å². The highest BCUT2D eigenvalue weighted by Crippen LogP contribution is 2.26. The minimum atomic E-state index is 0.0277. The van der Waals surface area contributed by atoms with E-state index < -0.39 is 0 Å². The maximum absolute atomic E-state index is 13.3. The van der Waals surface area contributed by atoms with Crippen LogP contribution in [0.15, 0.2) is 66.7 Å². The van der Waals surface area contributed by atoms with Crippen LogP contribution in [0.5, 0.6) is 0 Å². The molecule has 0 N–H and O–H groups in total. The SMILES string of the molecule is Cc1ccccc1-c1ccc(N2CCCC(C(=O)N3CCN(c4ccccc4)CC3)C2)nn1. The largest absolute Gasteiger partial charge is 0.368 e. The van der Waals surface area contributed by atoms with E-state index in [1.807, 2.05) is 30.3 Å². The van der Waals surface area contributed by atoms with E-state index in [9.17, 15) is 4.79 Å². The second-order valence-electron chi connectivity index (χ2n) is 9.02. The smallest absolute Gasteiger partial charge is 0.227 e. The third kappa shape index (κ3) is 4.70. The van der Waals surface area contributed by atoms with Gasteiger partial charge < -0.3 is 14.7 Å². The first-order valence-electron chi connectivity index (χ1n) is 11.9. The van der Waals surface area contributed by atoms with Gasteiger partial charge >= 0.3 is 0 Å². The second-order valence-corrected chi connectivity index (χ2v) is 9.02. The standard InChI is InChI=1S/C27H31N5O/c1-21-8-5-6-12-24(21)25-13-14-26(29-28-25)32-15-7-9-22(20-32)27(33)31-18-16-30(17-19-31)23-10-3-2-4-11-23/h2-6,8,10-14,22H,7,9,15-20H2,1H3. The molecule has 0 bridgehead atoms. The maximum Gasteiger partial charge on any atom is 0.227 e. The molecule has 1 unspecified atom stereocenters. The first-order valence-corrected chi connectivity index (χ1v) is 11.9. The van der Waals surface area contributed by atoms with Gasteiger partial charge in [-0.2, -0.15) is 0 Å². The van der Waals surface area contributed by atoms with Gasteiger partial charge in [0, 0.05) is 50.5 Å². The summed E-state index contributed by atoms with van der Waals surface area (Å²) in [7, 11) is 0. The van der Waals surface area contributed by atoms with E-state index in [0.29, 0.717) is 0 Å². The van der Waals surface area contributed by atoms with Gasteiger partial charge in [-0.05, 0) is 49.6 Å². The summed E-state index contributed by atoms with van der Waals surface area (Å²) in [6, 6.07) is 22.8. The number of carbonyl (C=O) groups is 1. The Hall–Kier alpha value is -3.41. The number of piperidine rings is 1. The van der Waals surface area contributed by atoms with Gasteiger partial charge in [0.1, 0.15) is 0 Å². The second kappa shape index (κ2) is 9.61. The predicted molar refractivity (Wildman–Crippen MR) is 132 cm³/mol. The number of nitrogens with zero attached hydrogens (tertiary/aromatic N) is 5. The van der Waals surface area contributed by atoms with Gasteiger partial charge in [0.05, 0.1) is 11.6 Å². The lowest BCUT2D eigenvalue weighted by atomic mass is 9.96. The molecule has 170 valence electrons. The topological polar surface area (TPSA) is 52.6 Å². The van der Waals surface area contributed by atoms with Gasteiger partial charge in [-0.15, -0.1) is 10.2 Å². The zero-order valence-electron chi connectivity index (χ0n) is 19.2. The molecule has 1 amide bonds. The van der Waals surface area contributed by atoms with Crippen molar-refractivity contribution in [2.75, 3.05) is 49.1 Å². The predicted octanol–water partition coefficient (Wildman–Crippen LogP) is 4.02. The van der Waals surface area contributed by atoms with Gasteiger partial charge in [0.25, 0.3) is 0 Å². The first kappa shape index (κ1) is 21.4. The summed E-state index contributed by atoms with van der Waals surface area (Å²) in [6.07, 6.45) is 1.95. The third-order valence-corrected chi connectivity index (χ3v) is 6.88. The lowest BCUT2D eigenvalue weighted by Gasteiger charge is -2.40. The third-order valence-electron chi connectivity index (χ3n) is 6.88. The highest BCUT2D eigenvalue weighted by Gasteiger charge is 2.31. The van der Waals surface area contributed by atoms with Gasteiger partial charge in [0.2, 0.25) is 5.91 Å². The van der Waals surface area contributed by atoms with Crippen LogP contribution in [0.3, 0.4) is 0 Å². The molecule has 2 aliphatic heterocycles. The lowest BCUT2D eigenvalue weighted by Crippen LogP contribution is -2.52. The van der Waals surface area contributed by atoms with Crippen molar-refractivity contribution in [3.05, 3.63) is 72.3 Å². The molecule has 6 heteroatoms. The molecule has 0 aliphatic carbocycles. The molecule has 3 aromatic rings. The molecule has 2 saturated heterocycles. The van der Waals surface area contributed by atoms with Crippen LogP contribution in [0, 0.1) is 12.8 Å². The molecule has 2 fully saturated rings. The summed E-state index contributed by atoms with van der Waals surface area (Å²) in [4.78, 5) is 19.9. The number of benzene rings is 2. The average molecular weight is 442 g/mol. The highest BCUT2D eigenvalue weighted by atomic mass is 16.2. The van der Waals surface area contributed by atoms with E-state index in [-0.39, 0.29) is 11.8 Å². The number of aromatic nitrogens is 2. The molecule has 0 saturated carbocycles. The molecular weight excluding hydrogens is 410 g/mol. The van der Waals surface area contributed by atoms with Gasteiger partial charge in [0.15, 0.2) is 5.82 Å². The minimum Gasteiger partial charge on any atom is -0.368 e. The number of hydrogen-bond acceptors (Lipinski definition) is 5. The highest BCUT2D eigenvalue weighted by molar-refractivity contribution is 5.80. The number of amides is 1. The van der Waals surface area contributed by atoms with E-state index in [4.69, 9.17) is 0 Å². The molecule has 6 nitrogen and oxygen atoms in total. The number of para-hydroxylation sites is 1. The van der Waals surface area contributed by atoms with Crippen LogP contribution in [0.2, 0.25) is 0 Å². The summed E-state index contributed by atoms with van der Waals surface area (Å²) in [5.41, 5.74) is 4.42. The Balaban J connectivity index is 1.20. The summed E-state index contributed by atoms with van der Waals surface area (Å²) in [5, 5.41) is 9.00. The molecular formula is C27H31N5O. The van der Waals surface area contributed by atoms with E-state index in [1.165, 1.54) is 11.3 Å². The Morgan fingerprint density at radius 1 is 0.818 bits per heavy atom. The van der Waals surface area contributed by atoms with E-state index in [1.54, 1.807) is 0 Å². The molecule has 2 aromatic carbocycles. The fourth-order valence-corrected chi connectivity index (χ4v) is 4.97. The zero-order chi connectivity index (χ0) is 22.6. The number of hydrogen-bond donors (Lipinski definition) is 0. The van der Waals surface area contributed by atoms with Gasteiger partial charge in [-0.25, -0.2) is 0 Å². The Labute approximate surface area is 195 Å². The fraction of sp³-hybridized carbons (Fsp3) is 0.370. The van der Waals surface area contributed by atoms with Gasteiger partial charge in [-0.3, -0.25) is 4.79 Å². The molecule has 3 heterocycles. The Morgan fingerprint density at radius 2 is 1.58 bits per heavy atom. The molecule has 5 rings (SSSR count). The first-order chi connectivity index (χ1) is 16.2. The number of anilines is 2. The van der Waals surface area contributed by atoms with Crippen LogP contribution < -0.4 is 9.80 Å². The lowest BCUT2D eigenvalue weighted by molar-refractivity contribution is -0.136. The Kier molecular flexibility index (Phi) is 6.24. The molecule has 1 aromatic heterocycles. The van der Waals surface area contributed by atoms with Crippen LogP contribution in [-0.2, 0) is 4.79 Å². The van der Waals surface area contributed by atoms with Crippen molar-refractivity contribution in [2.24, 2.45) is 5.92 Å². The fourth-order valence-electron chi connectivity index (χ4n) is 4.97. The van der Waals surface area contributed by atoms with Crippen LogP contribution in [0.4, 0.5) is 11.5 Å².